The number of hydrogen-bond acceptors (Lipinski definition) is 5. The van der Waals surface area contributed by atoms with Gasteiger partial charge in [0.1, 0.15) is 5.76 Å². The highest BCUT2D eigenvalue weighted by Gasteiger charge is 2.14. The zero-order chi connectivity index (χ0) is 13.2. The third kappa shape index (κ3) is 2.08. The van der Waals surface area contributed by atoms with Crippen LogP contribution in [0.5, 0.6) is 0 Å². The average molecular weight is 257 g/mol. The van der Waals surface area contributed by atoms with E-state index in [2.05, 4.69) is 10.1 Å². The van der Waals surface area contributed by atoms with Crippen LogP contribution in [0, 0.1) is 0 Å². The van der Waals surface area contributed by atoms with Crippen molar-refractivity contribution in [3.63, 3.8) is 0 Å². The standard InChI is InChI=1S/C13H11N3O3/c1-18-13(17)10-5-2-6-12-14-11(15-16(10)12)8-9-4-3-7-19-9/h2-7H,8H2,1H3. The lowest BCUT2D eigenvalue weighted by Crippen LogP contribution is -2.08. The Hall–Kier alpha value is -2.63. The maximum atomic E-state index is 11.6. The molecule has 0 unspecified atom stereocenters. The number of methoxy groups -OCH3 is 1. The van der Waals surface area contributed by atoms with Crippen LogP contribution in [0.25, 0.3) is 5.65 Å². The average Bonchev–Trinajstić information content (AvgIpc) is 3.06. The zero-order valence-corrected chi connectivity index (χ0v) is 10.2. The van der Waals surface area contributed by atoms with Crippen LogP contribution in [0.4, 0.5) is 0 Å². The summed E-state index contributed by atoms with van der Waals surface area (Å²) >= 11 is 0. The highest BCUT2D eigenvalue weighted by molar-refractivity contribution is 5.88. The number of carbonyl (C=O) groups is 1. The van der Waals surface area contributed by atoms with Crippen LogP contribution < -0.4 is 0 Å². The van der Waals surface area contributed by atoms with E-state index in [0.717, 1.165) is 5.76 Å². The molecule has 0 N–H and O–H groups in total. The smallest absolute Gasteiger partial charge is 0.356 e. The highest BCUT2D eigenvalue weighted by atomic mass is 16.5. The molecular weight excluding hydrogens is 246 g/mol. The molecule has 0 aliphatic carbocycles. The summed E-state index contributed by atoms with van der Waals surface area (Å²) in [5.41, 5.74) is 0.947. The first-order chi connectivity index (χ1) is 9.28. The molecule has 0 saturated carbocycles. The molecule has 3 aromatic rings. The second-order valence-corrected chi connectivity index (χ2v) is 3.96. The molecule has 0 amide bonds. The quantitative estimate of drug-likeness (QED) is 0.668. The van der Waals surface area contributed by atoms with Crippen molar-refractivity contribution < 1.29 is 13.9 Å². The lowest BCUT2D eigenvalue weighted by Gasteiger charge is -2.00. The summed E-state index contributed by atoms with van der Waals surface area (Å²) < 4.78 is 11.4. The number of fused-ring (bicyclic) bond motifs is 1. The third-order valence-electron chi connectivity index (χ3n) is 2.71. The lowest BCUT2D eigenvalue weighted by atomic mass is 10.3. The molecule has 6 heteroatoms. The van der Waals surface area contributed by atoms with Gasteiger partial charge >= 0.3 is 5.97 Å². The molecule has 96 valence electrons. The summed E-state index contributed by atoms with van der Waals surface area (Å²) in [6.07, 6.45) is 2.08. The van der Waals surface area contributed by atoms with Crippen molar-refractivity contribution in [3.8, 4) is 0 Å². The van der Waals surface area contributed by atoms with Crippen LogP contribution in [-0.2, 0) is 11.2 Å². The fourth-order valence-corrected chi connectivity index (χ4v) is 1.85. The maximum absolute atomic E-state index is 11.6. The van der Waals surface area contributed by atoms with E-state index in [4.69, 9.17) is 9.15 Å². The fraction of sp³-hybridized carbons (Fsp3) is 0.154. The monoisotopic (exact) mass is 257 g/mol. The first-order valence-corrected chi connectivity index (χ1v) is 5.73. The Morgan fingerprint density at radius 1 is 1.37 bits per heavy atom. The van der Waals surface area contributed by atoms with Gasteiger partial charge in [-0.05, 0) is 24.3 Å². The number of rotatable bonds is 3. The zero-order valence-electron chi connectivity index (χ0n) is 10.2. The summed E-state index contributed by atoms with van der Waals surface area (Å²) in [5, 5.41) is 4.30. The van der Waals surface area contributed by atoms with Gasteiger partial charge in [-0.15, -0.1) is 0 Å². The molecule has 0 spiro atoms. The van der Waals surface area contributed by atoms with Crippen molar-refractivity contribution in [2.24, 2.45) is 0 Å². The number of furan rings is 1. The van der Waals surface area contributed by atoms with E-state index in [9.17, 15) is 4.79 Å². The van der Waals surface area contributed by atoms with Gasteiger partial charge in [0, 0.05) is 0 Å². The van der Waals surface area contributed by atoms with Crippen molar-refractivity contribution in [2.75, 3.05) is 7.11 Å². The fourth-order valence-electron chi connectivity index (χ4n) is 1.85. The molecule has 0 radical (unpaired) electrons. The van der Waals surface area contributed by atoms with E-state index in [0.29, 0.717) is 23.6 Å². The summed E-state index contributed by atoms with van der Waals surface area (Å²) in [4.78, 5) is 16.0. The van der Waals surface area contributed by atoms with Gasteiger partial charge in [-0.25, -0.2) is 14.3 Å². The SMILES string of the molecule is COC(=O)c1cccc2nc(Cc3ccco3)nn12. The van der Waals surface area contributed by atoms with Crippen LogP contribution >= 0.6 is 0 Å². The molecule has 3 aromatic heterocycles. The molecule has 0 aliphatic rings. The molecule has 0 aliphatic heterocycles. The number of esters is 1. The Kier molecular flexibility index (Phi) is 2.75. The van der Waals surface area contributed by atoms with E-state index in [1.54, 1.807) is 24.5 Å². The van der Waals surface area contributed by atoms with E-state index < -0.39 is 5.97 Å². The number of carbonyl (C=O) groups excluding carboxylic acids is 1. The third-order valence-corrected chi connectivity index (χ3v) is 2.71. The molecular formula is C13H11N3O3. The second-order valence-electron chi connectivity index (χ2n) is 3.96. The predicted octanol–water partition coefficient (Wildman–Crippen LogP) is 1.70. The minimum atomic E-state index is -0.444. The van der Waals surface area contributed by atoms with Gasteiger partial charge in [-0.3, -0.25) is 0 Å². The molecule has 6 nitrogen and oxygen atoms in total. The van der Waals surface area contributed by atoms with Gasteiger partial charge in [-0.2, -0.15) is 5.10 Å². The Morgan fingerprint density at radius 2 is 2.26 bits per heavy atom. The Bertz CT molecular complexity index is 716. The van der Waals surface area contributed by atoms with Gasteiger partial charge in [0.05, 0.1) is 19.8 Å². The van der Waals surface area contributed by atoms with Crippen molar-refractivity contribution in [1.82, 2.24) is 14.6 Å². The highest BCUT2D eigenvalue weighted by Crippen LogP contribution is 2.11. The van der Waals surface area contributed by atoms with E-state index in [-0.39, 0.29) is 0 Å². The van der Waals surface area contributed by atoms with E-state index in [1.165, 1.54) is 11.6 Å². The maximum Gasteiger partial charge on any atom is 0.356 e. The summed E-state index contributed by atoms with van der Waals surface area (Å²) in [7, 11) is 1.34. The van der Waals surface area contributed by atoms with E-state index in [1.807, 2.05) is 12.1 Å². The number of hydrogen-bond donors (Lipinski definition) is 0. The normalized spacial score (nSPS) is 10.8. The predicted molar refractivity (Wildman–Crippen MR) is 65.8 cm³/mol. The van der Waals surface area contributed by atoms with Crippen LogP contribution in [0.3, 0.4) is 0 Å². The molecule has 3 heterocycles. The summed E-state index contributed by atoms with van der Waals surface area (Å²) in [6.45, 7) is 0. The Morgan fingerprint density at radius 3 is 3.00 bits per heavy atom. The lowest BCUT2D eigenvalue weighted by molar-refractivity contribution is 0.0591. The topological polar surface area (TPSA) is 69.6 Å². The summed E-state index contributed by atoms with van der Waals surface area (Å²) in [5.74, 6) is 0.918. The number of nitrogens with zero attached hydrogens (tertiary/aromatic N) is 3. The van der Waals surface area contributed by atoms with Gasteiger partial charge < -0.3 is 9.15 Å². The van der Waals surface area contributed by atoms with Crippen LogP contribution in [-0.4, -0.2) is 27.7 Å². The number of ether oxygens (including phenoxy) is 1. The first-order valence-electron chi connectivity index (χ1n) is 5.73. The van der Waals surface area contributed by atoms with Crippen molar-refractivity contribution >= 4 is 11.6 Å². The molecule has 0 saturated heterocycles. The largest absolute Gasteiger partial charge is 0.469 e. The van der Waals surface area contributed by atoms with Crippen LogP contribution in [0.15, 0.2) is 41.0 Å². The first kappa shape index (κ1) is 11.5. The van der Waals surface area contributed by atoms with Crippen LogP contribution in [0.1, 0.15) is 22.1 Å². The van der Waals surface area contributed by atoms with Gasteiger partial charge in [0.15, 0.2) is 17.2 Å². The molecule has 0 fully saturated rings. The van der Waals surface area contributed by atoms with Crippen molar-refractivity contribution in [2.45, 2.75) is 6.42 Å². The minimum Gasteiger partial charge on any atom is -0.469 e. The molecule has 0 bridgehead atoms. The van der Waals surface area contributed by atoms with Crippen molar-refractivity contribution in [1.29, 1.82) is 0 Å². The number of aromatic nitrogens is 3. The minimum absolute atomic E-state index is 0.346. The molecule has 0 aromatic carbocycles. The second kappa shape index (κ2) is 4.56. The molecule has 19 heavy (non-hydrogen) atoms. The van der Waals surface area contributed by atoms with Gasteiger partial charge in [0.2, 0.25) is 0 Å². The number of pyridine rings is 1. The van der Waals surface area contributed by atoms with E-state index >= 15 is 0 Å². The summed E-state index contributed by atoms with van der Waals surface area (Å²) in [6, 6.07) is 8.83. The van der Waals surface area contributed by atoms with Crippen molar-refractivity contribution in [3.05, 3.63) is 53.9 Å². The Balaban J connectivity index is 2.03. The van der Waals surface area contributed by atoms with Gasteiger partial charge in [-0.1, -0.05) is 6.07 Å². The molecule has 3 rings (SSSR count). The van der Waals surface area contributed by atoms with Gasteiger partial charge in [0.25, 0.3) is 0 Å². The Labute approximate surface area is 108 Å². The molecule has 0 atom stereocenters. The van der Waals surface area contributed by atoms with Crippen LogP contribution in [0.2, 0.25) is 0 Å².